The molecule has 0 spiro atoms. The number of rotatable bonds is 6. The summed E-state index contributed by atoms with van der Waals surface area (Å²) in [4.78, 5) is 0. The minimum absolute atomic E-state index is 0.242. The van der Waals surface area contributed by atoms with Gasteiger partial charge in [0.1, 0.15) is 4.21 Å². The highest BCUT2D eigenvalue weighted by molar-refractivity contribution is 9.10. The highest BCUT2D eigenvalue weighted by Gasteiger charge is 2.42. The highest BCUT2D eigenvalue weighted by Crippen LogP contribution is 2.49. The van der Waals surface area contributed by atoms with Crippen LogP contribution in [0.25, 0.3) is 0 Å². The van der Waals surface area contributed by atoms with Gasteiger partial charge in [-0.1, -0.05) is 13.3 Å². The van der Waals surface area contributed by atoms with E-state index in [9.17, 15) is 8.42 Å². The van der Waals surface area contributed by atoms with Crippen LogP contribution in [0.2, 0.25) is 0 Å². The average Bonchev–Trinajstić information content (AvgIpc) is 2.89. The lowest BCUT2D eigenvalue weighted by Gasteiger charge is -2.14. The number of hydrogen-bond donors (Lipinski definition) is 1. The molecule has 0 amide bonds. The molecule has 1 aliphatic carbocycles. The summed E-state index contributed by atoms with van der Waals surface area (Å²) in [7, 11) is -3.34. The lowest BCUT2D eigenvalue weighted by atomic mass is 10.0. The molecular formula is C11H16BrNO2S2. The van der Waals surface area contributed by atoms with Crippen molar-refractivity contribution in [1.29, 1.82) is 0 Å². The van der Waals surface area contributed by atoms with Crippen LogP contribution < -0.4 is 4.72 Å². The molecule has 1 fully saturated rings. The van der Waals surface area contributed by atoms with E-state index < -0.39 is 10.0 Å². The van der Waals surface area contributed by atoms with Crippen LogP contribution in [0.3, 0.4) is 0 Å². The Morgan fingerprint density at radius 2 is 2.24 bits per heavy atom. The van der Waals surface area contributed by atoms with E-state index in [0.29, 0.717) is 15.2 Å². The molecule has 0 unspecified atom stereocenters. The highest BCUT2D eigenvalue weighted by atomic mass is 79.9. The lowest BCUT2D eigenvalue weighted by Crippen LogP contribution is -2.30. The molecule has 1 heterocycles. The van der Waals surface area contributed by atoms with Crippen LogP contribution in [0, 0.1) is 5.41 Å². The van der Waals surface area contributed by atoms with Crippen LogP contribution in [0.15, 0.2) is 20.1 Å². The van der Waals surface area contributed by atoms with Gasteiger partial charge in [-0.25, -0.2) is 13.1 Å². The summed E-state index contributed by atoms with van der Waals surface area (Å²) in [6, 6.07) is 1.76. The van der Waals surface area contributed by atoms with E-state index in [2.05, 4.69) is 27.6 Å². The minimum atomic E-state index is -3.34. The first kappa shape index (κ1) is 13.5. The van der Waals surface area contributed by atoms with Gasteiger partial charge < -0.3 is 0 Å². The van der Waals surface area contributed by atoms with E-state index in [0.717, 1.165) is 25.7 Å². The summed E-state index contributed by atoms with van der Waals surface area (Å²) >= 11 is 4.50. The largest absolute Gasteiger partial charge is 0.251 e. The molecule has 1 aliphatic rings. The standard InChI is InChI=1S/C11H16BrNO2S2/c1-2-4-11(5-6-11)8-13-17(14,15)10-9(12)3-7-16-10/h3,7,13H,2,4-6,8H2,1H3. The summed E-state index contributed by atoms with van der Waals surface area (Å²) in [5, 5.41) is 1.78. The Morgan fingerprint density at radius 3 is 2.71 bits per heavy atom. The summed E-state index contributed by atoms with van der Waals surface area (Å²) in [5.41, 5.74) is 0.242. The molecule has 0 aromatic carbocycles. The molecule has 0 aliphatic heterocycles. The van der Waals surface area contributed by atoms with Crippen molar-refractivity contribution in [3.8, 4) is 0 Å². The van der Waals surface area contributed by atoms with Crippen molar-refractivity contribution in [2.45, 2.75) is 36.8 Å². The van der Waals surface area contributed by atoms with Gasteiger partial charge in [0.15, 0.2) is 0 Å². The average molecular weight is 338 g/mol. The quantitative estimate of drug-likeness (QED) is 0.864. The summed E-state index contributed by atoms with van der Waals surface area (Å²) in [5.74, 6) is 0. The summed E-state index contributed by atoms with van der Waals surface area (Å²) < 4.78 is 27.9. The molecule has 0 bridgehead atoms. The zero-order valence-electron chi connectivity index (χ0n) is 9.70. The van der Waals surface area contributed by atoms with Gasteiger partial charge in [0.25, 0.3) is 10.0 Å². The number of halogens is 1. The fourth-order valence-electron chi connectivity index (χ4n) is 2.01. The van der Waals surface area contributed by atoms with Crippen LogP contribution in [0.4, 0.5) is 0 Å². The molecule has 1 saturated carbocycles. The maximum Gasteiger partial charge on any atom is 0.251 e. The van der Waals surface area contributed by atoms with Gasteiger partial charge in [0.05, 0.1) is 0 Å². The first-order chi connectivity index (χ1) is 7.99. The van der Waals surface area contributed by atoms with E-state index in [4.69, 9.17) is 0 Å². The molecule has 2 rings (SSSR count). The first-order valence-electron chi connectivity index (χ1n) is 5.72. The molecule has 1 N–H and O–H groups in total. The summed E-state index contributed by atoms with van der Waals surface area (Å²) in [6.45, 7) is 2.72. The van der Waals surface area contributed by atoms with Gasteiger partial charge >= 0.3 is 0 Å². The third kappa shape index (κ3) is 3.10. The number of hydrogen-bond acceptors (Lipinski definition) is 3. The fourth-order valence-corrected chi connectivity index (χ4v) is 5.54. The van der Waals surface area contributed by atoms with Crippen molar-refractivity contribution in [1.82, 2.24) is 4.72 Å². The van der Waals surface area contributed by atoms with Crippen LogP contribution in [-0.4, -0.2) is 15.0 Å². The SMILES string of the molecule is CCCC1(CNS(=O)(=O)c2sccc2Br)CC1. The molecule has 6 heteroatoms. The lowest BCUT2D eigenvalue weighted by molar-refractivity contribution is 0.449. The Kier molecular flexibility index (Phi) is 3.97. The van der Waals surface area contributed by atoms with E-state index >= 15 is 0 Å². The maximum atomic E-state index is 12.1. The van der Waals surface area contributed by atoms with Crippen molar-refractivity contribution in [2.75, 3.05) is 6.54 Å². The molecule has 1 aromatic rings. The molecular weight excluding hydrogens is 322 g/mol. The van der Waals surface area contributed by atoms with E-state index in [-0.39, 0.29) is 5.41 Å². The Labute approximate surface area is 115 Å². The second kappa shape index (κ2) is 4.99. The zero-order chi connectivity index (χ0) is 12.5. The molecule has 0 radical (unpaired) electrons. The van der Waals surface area contributed by atoms with Crippen molar-refractivity contribution in [3.63, 3.8) is 0 Å². The molecule has 0 atom stereocenters. The Morgan fingerprint density at radius 1 is 1.53 bits per heavy atom. The Bertz CT molecular complexity index is 491. The van der Waals surface area contributed by atoms with Crippen LogP contribution in [0.5, 0.6) is 0 Å². The molecule has 17 heavy (non-hydrogen) atoms. The smallest absolute Gasteiger partial charge is 0.210 e. The molecule has 0 saturated heterocycles. The second-order valence-electron chi connectivity index (χ2n) is 4.63. The van der Waals surface area contributed by atoms with Crippen molar-refractivity contribution in [2.24, 2.45) is 5.41 Å². The first-order valence-corrected chi connectivity index (χ1v) is 8.87. The Balaban J connectivity index is 2.02. The minimum Gasteiger partial charge on any atom is -0.210 e. The van der Waals surface area contributed by atoms with Crippen LogP contribution >= 0.6 is 27.3 Å². The zero-order valence-corrected chi connectivity index (χ0v) is 12.9. The van der Waals surface area contributed by atoms with E-state index in [1.807, 2.05) is 0 Å². The Hall–Kier alpha value is 0.0900. The van der Waals surface area contributed by atoms with Crippen molar-refractivity contribution < 1.29 is 8.42 Å². The van der Waals surface area contributed by atoms with Gasteiger partial charge in [-0.2, -0.15) is 0 Å². The number of nitrogens with one attached hydrogen (secondary N) is 1. The molecule has 3 nitrogen and oxygen atoms in total. The fraction of sp³-hybridized carbons (Fsp3) is 0.636. The van der Waals surface area contributed by atoms with Gasteiger partial charge in [-0.05, 0) is 52.1 Å². The normalized spacial score (nSPS) is 18.2. The van der Waals surface area contributed by atoms with E-state index in [1.54, 1.807) is 11.4 Å². The van der Waals surface area contributed by atoms with Crippen molar-refractivity contribution >= 4 is 37.3 Å². The predicted molar refractivity (Wildman–Crippen MR) is 73.8 cm³/mol. The predicted octanol–water partition coefficient (Wildman–Crippen LogP) is 3.37. The summed E-state index contributed by atoms with van der Waals surface area (Å²) in [6.07, 6.45) is 4.52. The third-order valence-electron chi connectivity index (χ3n) is 3.20. The van der Waals surface area contributed by atoms with Gasteiger partial charge in [-0.15, -0.1) is 11.3 Å². The number of thiophene rings is 1. The van der Waals surface area contributed by atoms with Crippen LogP contribution in [0.1, 0.15) is 32.6 Å². The van der Waals surface area contributed by atoms with Gasteiger partial charge in [-0.3, -0.25) is 0 Å². The molecule has 96 valence electrons. The van der Waals surface area contributed by atoms with E-state index in [1.165, 1.54) is 11.3 Å². The monoisotopic (exact) mass is 337 g/mol. The third-order valence-corrected chi connectivity index (χ3v) is 7.27. The van der Waals surface area contributed by atoms with Gasteiger partial charge in [0, 0.05) is 11.0 Å². The van der Waals surface area contributed by atoms with Gasteiger partial charge in [0.2, 0.25) is 0 Å². The van der Waals surface area contributed by atoms with Crippen LogP contribution in [-0.2, 0) is 10.0 Å². The topological polar surface area (TPSA) is 46.2 Å². The number of sulfonamides is 1. The maximum absolute atomic E-state index is 12.1. The molecule has 1 aromatic heterocycles. The van der Waals surface area contributed by atoms with Crippen molar-refractivity contribution in [3.05, 3.63) is 15.9 Å². The second-order valence-corrected chi connectivity index (χ2v) is 8.36.